The van der Waals surface area contributed by atoms with Gasteiger partial charge in [-0.1, -0.05) is 12.1 Å². The molecule has 0 amide bonds. The van der Waals surface area contributed by atoms with Gasteiger partial charge in [0, 0.05) is 17.4 Å². The van der Waals surface area contributed by atoms with Gasteiger partial charge in [0.25, 0.3) is 0 Å². The maximum atomic E-state index is 9.80. The van der Waals surface area contributed by atoms with E-state index < -0.39 is 9.67 Å². The fourth-order valence-corrected chi connectivity index (χ4v) is 2.54. The van der Waals surface area contributed by atoms with Crippen molar-refractivity contribution in [3.63, 3.8) is 0 Å². The van der Waals surface area contributed by atoms with Crippen LogP contribution in [-0.2, 0) is 0 Å². The van der Waals surface area contributed by atoms with Gasteiger partial charge in [-0.3, -0.25) is 0 Å². The molecule has 0 spiro atoms. The molecular formula is C10H9Cl5O. The largest absolute Gasteiger partial charge is 0.508 e. The molecule has 1 atom stereocenters. The number of rotatable bonds is 4. The lowest BCUT2D eigenvalue weighted by molar-refractivity contribution is 0.464. The van der Waals surface area contributed by atoms with Gasteiger partial charge in [0.1, 0.15) is 15.4 Å². The van der Waals surface area contributed by atoms with Crippen LogP contribution in [0.2, 0.25) is 0 Å². The predicted octanol–water partition coefficient (Wildman–Crippen LogP) is 4.99. The van der Waals surface area contributed by atoms with Crippen LogP contribution in [0, 0.1) is 0 Å². The summed E-state index contributed by atoms with van der Waals surface area (Å²) in [5, 5.41) is 9.80. The van der Waals surface area contributed by atoms with Gasteiger partial charge in [0.2, 0.25) is 0 Å². The number of hydrogen-bond acceptors (Lipinski definition) is 1. The number of benzene rings is 1. The van der Waals surface area contributed by atoms with E-state index in [0.29, 0.717) is 11.1 Å². The second kappa shape index (κ2) is 6.42. The summed E-state index contributed by atoms with van der Waals surface area (Å²) in [5.41, 5.74) is 1.20. The van der Waals surface area contributed by atoms with Crippen molar-refractivity contribution in [2.45, 2.75) is 15.6 Å². The highest BCUT2D eigenvalue weighted by Crippen LogP contribution is 2.36. The molecule has 1 N–H and O–H groups in total. The fourth-order valence-electron chi connectivity index (χ4n) is 1.30. The van der Waals surface area contributed by atoms with Gasteiger partial charge < -0.3 is 5.11 Å². The Morgan fingerprint density at radius 1 is 1.12 bits per heavy atom. The van der Waals surface area contributed by atoms with Crippen LogP contribution in [0.4, 0.5) is 0 Å². The summed E-state index contributed by atoms with van der Waals surface area (Å²) in [4.78, 5) is -1.37. The van der Waals surface area contributed by atoms with Crippen molar-refractivity contribution in [1.29, 1.82) is 0 Å². The molecule has 0 aliphatic heterocycles. The van der Waals surface area contributed by atoms with Gasteiger partial charge in [-0.2, -0.15) is 0 Å². The summed E-state index contributed by atoms with van der Waals surface area (Å²) in [6.07, 6.45) is 0. The molecule has 0 saturated heterocycles. The van der Waals surface area contributed by atoms with E-state index in [1.807, 2.05) is 0 Å². The van der Waals surface area contributed by atoms with E-state index in [1.54, 1.807) is 12.1 Å². The van der Waals surface area contributed by atoms with E-state index in [4.69, 9.17) is 58.0 Å². The maximum Gasteiger partial charge on any atom is 0.132 e. The van der Waals surface area contributed by atoms with Crippen molar-refractivity contribution < 1.29 is 5.11 Å². The molecule has 0 heterocycles. The number of phenols is 1. The molecule has 0 aliphatic carbocycles. The molecule has 6 heteroatoms. The van der Waals surface area contributed by atoms with Crippen molar-refractivity contribution in [2.75, 3.05) is 5.88 Å². The minimum Gasteiger partial charge on any atom is -0.508 e. The minimum atomic E-state index is -0.683. The Morgan fingerprint density at radius 2 is 1.75 bits per heavy atom. The second-order valence-electron chi connectivity index (χ2n) is 3.21. The molecule has 0 bridgehead atoms. The monoisotopic (exact) mass is 320 g/mol. The standard InChI is InChI=1S/C10H9Cl5O/c11-4-7(10(14)15)6-2-1-5(9(12)13)3-8(6)16/h1-3,7,9-10,16H,4H2. The van der Waals surface area contributed by atoms with E-state index in [0.717, 1.165) is 0 Å². The van der Waals surface area contributed by atoms with Crippen LogP contribution in [0.25, 0.3) is 0 Å². The third-order valence-corrected chi connectivity index (χ3v) is 3.62. The molecular weight excluding hydrogens is 313 g/mol. The lowest BCUT2D eigenvalue weighted by Crippen LogP contribution is -2.09. The van der Waals surface area contributed by atoms with E-state index in [-0.39, 0.29) is 17.5 Å². The molecule has 0 aliphatic rings. The Bertz CT molecular complexity index is 353. The average Bonchev–Trinajstić information content (AvgIpc) is 2.20. The first-order valence-corrected chi connectivity index (χ1v) is 6.70. The molecule has 0 saturated carbocycles. The maximum absolute atomic E-state index is 9.80. The number of hydrogen-bond donors (Lipinski definition) is 1. The van der Waals surface area contributed by atoms with Gasteiger partial charge in [-0.05, 0) is 11.6 Å². The van der Waals surface area contributed by atoms with Gasteiger partial charge in [-0.15, -0.1) is 58.0 Å². The summed E-state index contributed by atoms with van der Waals surface area (Å²) in [5.74, 6) is -0.0700. The summed E-state index contributed by atoms with van der Waals surface area (Å²) in [7, 11) is 0. The van der Waals surface area contributed by atoms with Crippen LogP contribution < -0.4 is 0 Å². The number of alkyl halides is 5. The molecule has 1 nitrogen and oxygen atoms in total. The molecule has 1 rings (SSSR count). The fraction of sp³-hybridized carbons (Fsp3) is 0.400. The lowest BCUT2D eigenvalue weighted by atomic mass is 10.00. The van der Waals surface area contributed by atoms with Crippen LogP contribution in [0.1, 0.15) is 21.9 Å². The SMILES string of the molecule is Oc1cc(C(Cl)Cl)ccc1C(CCl)C(Cl)Cl. The Labute approximate surface area is 119 Å². The van der Waals surface area contributed by atoms with Gasteiger partial charge in [0.05, 0.1) is 0 Å². The first-order chi connectivity index (χ1) is 7.47. The number of halogens is 5. The molecule has 1 aromatic rings. The van der Waals surface area contributed by atoms with E-state index >= 15 is 0 Å². The third kappa shape index (κ3) is 3.48. The zero-order valence-electron chi connectivity index (χ0n) is 8.01. The second-order valence-corrected chi connectivity index (χ2v) is 5.78. The quantitative estimate of drug-likeness (QED) is 0.774. The molecule has 1 unspecified atom stereocenters. The highest BCUT2D eigenvalue weighted by Gasteiger charge is 2.22. The average molecular weight is 322 g/mol. The van der Waals surface area contributed by atoms with Crippen LogP contribution in [0.3, 0.4) is 0 Å². The summed E-state index contributed by atoms with van der Waals surface area (Å²) in [6, 6.07) is 4.86. The molecule has 0 aromatic heterocycles. The normalized spacial score (nSPS) is 13.4. The Balaban J connectivity index is 3.06. The Morgan fingerprint density at radius 3 is 2.12 bits per heavy atom. The molecule has 90 valence electrons. The van der Waals surface area contributed by atoms with Crippen molar-refractivity contribution in [3.8, 4) is 5.75 Å². The van der Waals surface area contributed by atoms with Crippen LogP contribution >= 0.6 is 58.0 Å². The van der Waals surface area contributed by atoms with Crippen molar-refractivity contribution in [2.24, 2.45) is 0 Å². The molecule has 0 fully saturated rings. The lowest BCUT2D eigenvalue weighted by Gasteiger charge is -2.17. The smallest absolute Gasteiger partial charge is 0.132 e. The minimum absolute atomic E-state index is 0.0424. The number of phenolic OH excluding ortho intramolecular Hbond substituents is 1. The highest BCUT2D eigenvalue weighted by molar-refractivity contribution is 6.45. The first-order valence-electron chi connectivity index (χ1n) is 4.42. The van der Waals surface area contributed by atoms with Gasteiger partial charge >= 0.3 is 0 Å². The highest BCUT2D eigenvalue weighted by atomic mass is 35.5. The Kier molecular flexibility index (Phi) is 5.83. The van der Waals surface area contributed by atoms with Crippen molar-refractivity contribution in [1.82, 2.24) is 0 Å². The summed E-state index contributed by atoms with van der Waals surface area (Å²) >= 11 is 28.6. The Hall–Kier alpha value is 0.470. The predicted molar refractivity (Wildman–Crippen MR) is 71.5 cm³/mol. The van der Waals surface area contributed by atoms with Crippen LogP contribution in [-0.4, -0.2) is 15.8 Å². The van der Waals surface area contributed by atoms with Crippen LogP contribution in [0.15, 0.2) is 18.2 Å². The molecule has 16 heavy (non-hydrogen) atoms. The van der Waals surface area contributed by atoms with Gasteiger partial charge in [-0.25, -0.2) is 0 Å². The third-order valence-electron chi connectivity index (χ3n) is 2.18. The topological polar surface area (TPSA) is 20.2 Å². The first kappa shape index (κ1) is 14.5. The zero-order valence-corrected chi connectivity index (χ0v) is 11.8. The van der Waals surface area contributed by atoms with E-state index in [2.05, 4.69) is 0 Å². The van der Waals surface area contributed by atoms with Crippen molar-refractivity contribution in [3.05, 3.63) is 29.3 Å². The van der Waals surface area contributed by atoms with E-state index in [1.165, 1.54) is 6.07 Å². The van der Waals surface area contributed by atoms with Crippen molar-refractivity contribution >= 4 is 58.0 Å². The zero-order chi connectivity index (χ0) is 12.3. The van der Waals surface area contributed by atoms with Crippen LogP contribution in [0.5, 0.6) is 5.75 Å². The van der Waals surface area contributed by atoms with E-state index in [9.17, 15) is 5.11 Å². The summed E-state index contributed by atoms with van der Waals surface area (Å²) in [6.45, 7) is 0. The summed E-state index contributed by atoms with van der Waals surface area (Å²) < 4.78 is 0. The number of aromatic hydroxyl groups is 1. The molecule has 1 aromatic carbocycles. The van der Waals surface area contributed by atoms with Gasteiger partial charge in [0.15, 0.2) is 0 Å². The molecule has 0 radical (unpaired) electrons.